The fraction of sp³-hybridized carbons (Fsp3) is 0.333. The average Bonchev–Trinajstić information content (AvgIpc) is 3.24. The lowest BCUT2D eigenvalue weighted by Crippen LogP contribution is -2.55. The van der Waals surface area contributed by atoms with E-state index in [0.29, 0.717) is 12.4 Å². The lowest BCUT2D eigenvalue weighted by molar-refractivity contribution is -0.207. The normalized spacial score (nSPS) is 18.9. The molecule has 206 valence electrons. The second kappa shape index (κ2) is 11.3. The molecule has 3 aromatic rings. The quantitative estimate of drug-likeness (QED) is 0.433. The standard InChI is InChI=1S/C27H26F3N3O6/c1-16-13-19(21-5-3-4-6-22(21)31-16)15-38-20-9-7-18(8-10-20)24(35)32-26(11-12-37-17(26)2)14-23(34)33-39-25(36)27(28,29)30/h3-10,13,17H,11-12,14-15H2,1-2H3,(H,32,35)(H,33,34). The first-order valence-electron chi connectivity index (χ1n) is 12.1. The van der Waals surface area contributed by atoms with E-state index in [1.165, 1.54) is 5.48 Å². The highest BCUT2D eigenvalue weighted by atomic mass is 19.4. The topological polar surface area (TPSA) is 116 Å². The van der Waals surface area contributed by atoms with Gasteiger partial charge in [0.2, 0.25) is 0 Å². The van der Waals surface area contributed by atoms with E-state index in [2.05, 4.69) is 15.1 Å². The summed E-state index contributed by atoms with van der Waals surface area (Å²) in [7, 11) is 0. The monoisotopic (exact) mass is 545 g/mol. The third-order valence-electron chi connectivity index (χ3n) is 6.46. The Morgan fingerprint density at radius 3 is 2.51 bits per heavy atom. The summed E-state index contributed by atoms with van der Waals surface area (Å²) in [6.45, 7) is 4.04. The highest BCUT2D eigenvalue weighted by molar-refractivity contribution is 5.95. The van der Waals surface area contributed by atoms with Gasteiger partial charge in [-0.05, 0) is 56.7 Å². The number of hydroxylamine groups is 1. The molecule has 2 amide bonds. The van der Waals surface area contributed by atoms with Crippen LogP contribution in [0.25, 0.3) is 10.9 Å². The summed E-state index contributed by atoms with van der Waals surface area (Å²) in [4.78, 5) is 44.5. The van der Waals surface area contributed by atoms with Crippen LogP contribution in [0.5, 0.6) is 5.75 Å². The molecule has 0 bridgehead atoms. The maximum Gasteiger partial charge on any atom is 0.493 e. The zero-order chi connectivity index (χ0) is 28.2. The SMILES string of the molecule is Cc1cc(COc2ccc(C(=O)NC3(CC(=O)NOC(=O)C(F)(F)F)CCOC3C)cc2)c2ccccc2n1. The van der Waals surface area contributed by atoms with E-state index >= 15 is 0 Å². The minimum absolute atomic E-state index is 0.215. The Labute approximate surface area is 221 Å². The second-order valence-corrected chi connectivity index (χ2v) is 9.22. The predicted molar refractivity (Wildman–Crippen MR) is 132 cm³/mol. The molecule has 39 heavy (non-hydrogen) atoms. The van der Waals surface area contributed by atoms with Crippen molar-refractivity contribution >= 4 is 28.7 Å². The maximum absolute atomic E-state index is 13.0. The molecule has 1 aliphatic rings. The van der Waals surface area contributed by atoms with Gasteiger partial charge in [-0.25, -0.2) is 4.79 Å². The maximum atomic E-state index is 13.0. The van der Waals surface area contributed by atoms with Crippen LogP contribution in [0.15, 0.2) is 54.6 Å². The Morgan fingerprint density at radius 1 is 1.13 bits per heavy atom. The van der Waals surface area contributed by atoms with E-state index in [4.69, 9.17) is 9.47 Å². The number of para-hydroxylation sites is 1. The van der Waals surface area contributed by atoms with E-state index in [9.17, 15) is 27.6 Å². The zero-order valence-corrected chi connectivity index (χ0v) is 21.1. The van der Waals surface area contributed by atoms with Gasteiger partial charge in [0.15, 0.2) is 0 Å². The minimum atomic E-state index is -5.26. The van der Waals surface area contributed by atoms with E-state index < -0.39 is 42.0 Å². The molecule has 12 heteroatoms. The number of nitrogens with zero attached hydrogens (tertiary/aromatic N) is 1. The first-order chi connectivity index (χ1) is 18.5. The Balaban J connectivity index is 1.39. The van der Waals surface area contributed by atoms with Crippen LogP contribution in [0.2, 0.25) is 0 Å². The van der Waals surface area contributed by atoms with E-state index in [-0.39, 0.29) is 18.6 Å². The number of pyridine rings is 1. The number of fused-ring (bicyclic) bond motifs is 1. The number of aromatic nitrogens is 1. The number of hydrogen-bond acceptors (Lipinski definition) is 7. The fourth-order valence-electron chi connectivity index (χ4n) is 4.38. The summed E-state index contributed by atoms with van der Waals surface area (Å²) in [5, 5.41) is 3.76. The smallest absolute Gasteiger partial charge is 0.489 e. The summed E-state index contributed by atoms with van der Waals surface area (Å²) in [5.74, 6) is -3.56. The van der Waals surface area contributed by atoms with Crippen molar-refractivity contribution in [3.8, 4) is 5.75 Å². The van der Waals surface area contributed by atoms with Gasteiger partial charge in [0.05, 0.1) is 23.6 Å². The number of aryl methyl sites for hydroxylation is 1. The van der Waals surface area contributed by atoms with Gasteiger partial charge < -0.3 is 19.6 Å². The number of hydrogen-bond donors (Lipinski definition) is 2. The van der Waals surface area contributed by atoms with Crippen LogP contribution >= 0.6 is 0 Å². The summed E-state index contributed by atoms with van der Waals surface area (Å²) < 4.78 is 48.4. The van der Waals surface area contributed by atoms with E-state index in [1.807, 2.05) is 37.3 Å². The number of carbonyl (C=O) groups excluding carboxylic acids is 3. The summed E-state index contributed by atoms with van der Waals surface area (Å²) in [6.07, 6.45) is -6.14. The summed E-state index contributed by atoms with van der Waals surface area (Å²) in [5.41, 5.74) is 3.24. The molecule has 1 aromatic heterocycles. The number of alkyl halides is 3. The molecule has 1 saturated heterocycles. The fourth-order valence-corrected chi connectivity index (χ4v) is 4.38. The number of amides is 2. The van der Waals surface area contributed by atoms with Crippen LogP contribution in [0, 0.1) is 6.92 Å². The van der Waals surface area contributed by atoms with Crippen molar-refractivity contribution in [2.75, 3.05) is 6.61 Å². The third-order valence-corrected chi connectivity index (χ3v) is 6.46. The van der Waals surface area contributed by atoms with Crippen molar-refractivity contribution in [1.29, 1.82) is 0 Å². The van der Waals surface area contributed by atoms with Gasteiger partial charge in [0.25, 0.3) is 11.8 Å². The Morgan fingerprint density at radius 2 is 1.85 bits per heavy atom. The number of carbonyl (C=O) groups is 3. The molecule has 1 fully saturated rings. The molecule has 2 aromatic carbocycles. The van der Waals surface area contributed by atoms with Gasteiger partial charge in [0, 0.05) is 28.8 Å². The van der Waals surface area contributed by atoms with Gasteiger partial charge in [-0.1, -0.05) is 18.2 Å². The number of halogens is 3. The van der Waals surface area contributed by atoms with Gasteiger partial charge in [-0.2, -0.15) is 18.7 Å². The molecule has 9 nitrogen and oxygen atoms in total. The lowest BCUT2D eigenvalue weighted by atomic mass is 9.87. The van der Waals surface area contributed by atoms with Crippen molar-refractivity contribution in [2.45, 2.75) is 51.1 Å². The van der Waals surface area contributed by atoms with Crippen molar-refractivity contribution in [3.63, 3.8) is 0 Å². The summed E-state index contributed by atoms with van der Waals surface area (Å²) >= 11 is 0. The highest BCUT2D eigenvalue weighted by Gasteiger charge is 2.46. The number of benzene rings is 2. The van der Waals surface area contributed by atoms with Crippen LogP contribution in [0.4, 0.5) is 13.2 Å². The molecular weight excluding hydrogens is 519 g/mol. The largest absolute Gasteiger partial charge is 0.493 e. The molecular formula is C27H26F3N3O6. The van der Waals surface area contributed by atoms with Crippen LogP contribution in [-0.4, -0.2) is 47.2 Å². The van der Waals surface area contributed by atoms with Crippen LogP contribution < -0.4 is 15.5 Å². The predicted octanol–water partition coefficient (Wildman–Crippen LogP) is 3.93. The van der Waals surface area contributed by atoms with Crippen molar-refractivity contribution in [1.82, 2.24) is 15.8 Å². The Bertz CT molecular complexity index is 1380. The third kappa shape index (κ3) is 6.63. The van der Waals surface area contributed by atoms with Crippen molar-refractivity contribution in [2.24, 2.45) is 0 Å². The van der Waals surface area contributed by atoms with Crippen LogP contribution in [-0.2, 0) is 25.8 Å². The zero-order valence-electron chi connectivity index (χ0n) is 21.1. The van der Waals surface area contributed by atoms with Gasteiger partial charge in [-0.3, -0.25) is 14.6 Å². The summed E-state index contributed by atoms with van der Waals surface area (Å²) in [6, 6.07) is 16.1. The van der Waals surface area contributed by atoms with Crippen molar-refractivity contribution < 1.29 is 41.9 Å². The molecule has 0 saturated carbocycles. The molecule has 2 atom stereocenters. The van der Waals surface area contributed by atoms with Gasteiger partial charge >= 0.3 is 12.1 Å². The van der Waals surface area contributed by atoms with E-state index in [1.54, 1.807) is 31.2 Å². The van der Waals surface area contributed by atoms with Gasteiger partial charge in [-0.15, -0.1) is 0 Å². The Kier molecular flexibility index (Phi) is 8.05. The lowest BCUT2D eigenvalue weighted by Gasteiger charge is -2.32. The molecule has 0 aliphatic carbocycles. The van der Waals surface area contributed by atoms with Crippen LogP contribution in [0.1, 0.15) is 41.4 Å². The Hall–Kier alpha value is -4.19. The second-order valence-electron chi connectivity index (χ2n) is 9.22. The number of rotatable bonds is 7. The molecule has 2 N–H and O–H groups in total. The van der Waals surface area contributed by atoms with Crippen LogP contribution in [0.3, 0.4) is 0 Å². The molecule has 4 rings (SSSR count). The first-order valence-corrected chi connectivity index (χ1v) is 12.1. The van der Waals surface area contributed by atoms with E-state index in [0.717, 1.165) is 22.2 Å². The average molecular weight is 546 g/mol. The molecule has 2 heterocycles. The minimum Gasteiger partial charge on any atom is -0.489 e. The first kappa shape index (κ1) is 27.8. The molecule has 0 radical (unpaired) electrons. The van der Waals surface area contributed by atoms with Gasteiger partial charge in [0.1, 0.15) is 12.4 Å². The highest BCUT2D eigenvalue weighted by Crippen LogP contribution is 2.30. The molecule has 1 aliphatic heterocycles. The number of ether oxygens (including phenoxy) is 2. The molecule has 0 spiro atoms. The van der Waals surface area contributed by atoms with Crippen molar-refractivity contribution in [3.05, 3.63) is 71.4 Å². The molecule has 2 unspecified atom stereocenters. The number of nitrogens with one attached hydrogen (secondary N) is 2.